The smallest absolute Gasteiger partial charge is 0.266 e. The fourth-order valence-corrected chi connectivity index (χ4v) is 4.42. The second-order valence-electron chi connectivity index (χ2n) is 8.71. The third kappa shape index (κ3) is 7.32. The minimum atomic E-state index is -1.13. The van der Waals surface area contributed by atoms with Crippen molar-refractivity contribution < 1.29 is 19.4 Å². The maximum Gasteiger partial charge on any atom is 0.266 e. The molecule has 0 radical (unpaired) electrons. The molecule has 37 heavy (non-hydrogen) atoms. The van der Waals surface area contributed by atoms with Gasteiger partial charge in [-0.15, -0.1) is 0 Å². The molecule has 9 heteroatoms. The minimum Gasteiger partial charge on any atom is -0.494 e. The van der Waals surface area contributed by atoms with Gasteiger partial charge in [-0.2, -0.15) is 0 Å². The molecular formula is C28H29BrClN3O4. The van der Waals surface area contributed by atoms with E-state index in [1.165, 1.54) is 0 Å². The van der Waals surface area contributed by atoms with Crippen LogP contribution in [0.2, 0.25) is 5.02 Å². The first-order valence-electron chi connectivity index (χ1n) is 12.1. The summed E-state index contributed by atoms with van der Waals surface area (Å²) < 4.78 is 12.5. The number of nitrogens with zero attached hydrogens (tertiary/aromatic N) is 1. The van der Waals surface area contributed by atoms with Gasteiger partial charge in [-0.05, 0) is 60.0 Å². The molecule has 0 unspecified atom stereocenters. The summed E-state index contributed by atoms with van der Waals surface area (Å²) >= 11 is 9.70. The molecule has 1 atom stereocenters. The van der Waals surface area contributed by atoms with Crippen molar-refractivity contribution in [3.8, 4) is 5.75 Å². The van der Waals surface area contributed by atoms with E-state index in [2.05, 4.69) is 26.8 Å². The quantitative estimate of drug-likeness (QED) is 0.215. The Labute approximate surface area is 230 Å². The number of benzene rings is 3. The Morgan fingerprint density at radius 2 is 1.86 bits per heavy atom. The first-order valence-corrected chi connectivity index (χ1v) is 13.2. The summed E-state index contributed by atoms with van der Waals surface area (Å²) in [5, 5.41) is 9.62. The van der Waals surface area contributed by atoms with E-state index in [4.69, 9.17) is 31.2 Å². The number of carbonyl (C=O) groups is 1. The van der Waals surface area contributed by atoms with Crippen molar-refractivity contribution in [1.29, 1.82) is 0 Å². The van der Waals surface area contributed by atoms with Crippen LogP contribution >= 0.6 is 27.5 Å². The van der Waals surface area contributed by atoms with Crippen LogP contribution in [0.25, 0.3) is 0 Å². The van der Waals surface area contributed by atoms with E-state index in [1.807, 2.05) is 72.8 Å². The topological polar surface area (TPSA) is 92.2 Å². The molecule has 3 N–H and O–H groups in total. The zero-order valence-electron chi connectivity index (χ0n) is 20.3. The van der Waals surface area contributed by atoms with Crippen LogP contribution in [0.15, 0.2) is 82.3 Å². The normalized spacial score (nSPS) is 16.7. The molecular weight excluding hydrogens is 558 g/mol. The lowest BCUT2D eigenvalue weighted by Gasteiger charge is -2.23. The van der Waals surface area contributed by atoms with Gasteiger partial charge in [0, 0.05) is 41.1 Å². The number of nitrogens with one attached hydrogen (secondary N) is 2. The molecule has 7 nitrogen and oxygen atoms in total. The van der Waals surface area contributed by atoms with Crippen molar-refractivity contribution in [1.82, 2.24) is 10.9 Å². The van der Waals surface area contributed by atoms with Crippen molar-refractivity contribution in [3.05, 3.63) is 99.0 Å². The highest BCUT2D eigenvalue weighted by Gasteiger charge is 2.44. The van der Waals surface area contributed by atoms with Crippen LogP contribution in [0.3, 0.4) is 0 Å². The molecule has 194 valence electrons. The van der Waals surface area contributed by atoms with Gasteiger partial charge in [0.2, 0.25) is 5.90 Å². The molecule has 0 saturated heterocycles. The van der Waals surface area contributed by atoms with Gasteiger partial charge in [0.25, 0.3) is 5.91 Å². The Hall–Kier alpha value is -2.91. The highest BCUT2D eigenvalue weighted by atomic mass is 79.9. The molecule has 1 aliphatic heterocycles. The van der Waals surface area contributed by atoms with Crippen LogP contribution in [0.4, 0.5) is 0 Å². The number of hydrogen-bond acceptors (Lipinski definition) is 6. The summed E-state index contributed by atoms with van der Waals surface area (Å²) in [6, 6.07) is 22.8. The predicted octanol–water partition coefficient (Wildman–Crippen LogP) is 4.49. The van der Waals surface area contributed by atoms with E-state index < -0.39 is 5.54 Å². The van der Waals surface area contributed by atoms with Crippen LogP contribution < -0.4 is 15.6 Å². The summed E-state index contributed by atoms with van der Waals surface area (Å²) in [7, 11) is 0. The minimum absolute atomic E-state index is 0.0834. The van der Waals surface area contributed by atoms with Gasteiger partial charge in [-0.1, -0.05) is 57.9 Å². The summed E-state index contributed by atoms with van der Waals surface area (Å²) in [6.07, 6.45) is 1.61. The molecule has 0 aliphatic carbocycles. The molecule has 1 aliphatic rings. The lowest BCUT2D eigenvalue weighted by atomic mass is 9.91. The molecule has 3 aromatic rings. The van der Waals surface area contributed by atoms with Gasteiger partial charge >= 0.3 is 0 Å². The molecule has 1 heterocycles. The molecule has 0 aromatic heterocycles. The lowest BCUT2D eigenvalue weighted by Crippen LogP contribution is -2.53. The summed E-state index contributed by atoms with van der Waals surface area (Å²) in [4.78, 5) is 18.3. The Kier molecular flexibility index (Phi) is 9.57. The molecule has 0 spiro atoms. The second kappa shape index (κ2) is 13.1. The van der Waals surface area contributed by atoms with Crippen molar-refractivity contribution in [2.75, 3.05) is 26.4 Å². The van der Waals surface area contributed by atoms with Gasteiger partial charge in [-0.25, -0.2) is 10.4 Å². The summed E-state index contributed by atoms with van der Waals surface area (Å²) in [6.45, 7) is 1.15. The number of hydrazine groups is 1. The number of hydrogen-bond donors (Lipinski definition) is 3. The van der Waals surface area contributed by atoms with E-state index in [1.54, 1.807) is 0 Å². The molecule has 0 fully saturated rings. The Morgan fingerprint density at radius 1 is 1.11 bits per heavy atom. The number of carbonyl (C=O) groups excluding carboxylic acids is 1. The van der Waals surface area contributed by atoms with E-state index in [0.717, 1.165) is 21.2 Å². The highest BCUT2D eigenvalue weighted by molar-refractivity contribution is 9.10. The number of rotatable bonds is 12. The van der Waals surface area contributed by atoms with Crippen molar-refractivity contribution in [2.45, 2.75) is 24.8 Å². The zero-order valence-corrected chi connectivity index (χ0v) is 22.6. The molecule has 0 bridgehead atoms. The fourth-order valence-electron chi connectivity index (χ4n) is 3.93. The average Bonchev–Trinajstić information content (AvgIpc) is 3.34. The van der Waals surface area contributed by atoms with Gasteiger partial charge in [0.05, 0.1) is 6.61 Å². The second-order valence-corrected chi connectivity index (χ2v) is 10.0. The molecule has 3 aromatic carbocycles. The van der Waals surface area contributed by atoms with Crippen molar-refractivity contribution >= 4 is 39.3 Å². The zero-order chi connectivity index (χ0) is 26.1. The lowest BCUT2D eigenvalue weighted by molar-refractivity contribution is -0.127. The van der Waals surface area contributed by atoms with E-state index in [9.17, 15) is 4.79 Å². The van der Waals surface area contributed by atoms with Crippen LogP contribution in [-0.2, 0) is 22.4 Å². The monoisotopic (exact) mass is 585 g/mol. The predicted molar refractivity (Wildman–Crippen MR) is 148 cm³/mol. The van der Waals surface area contributed by atoms with Crippen LogP contribution in [0.5, 0.6) is 5.75 Å². The number of aliphatic hydroxyl groups is 1. The van der Waals surface area contributed by atoms with Gasteiger partial charge in [0.15, 0.2) is 5.54 Å². The maximum absolute atomic E-state index is 13.5. The third-order valence-corrected chi connectivity index (χ3v) is 6.84. The molecule has 1 amide bonds. The number of aliphatic imine (C=N–C) groups is 1. The largest absolute Gasteiger partial charge is 0.494 e. The number of amides is 1. The van der Waals surface area contributed by atoms with Crippen molar-refractivity contribution in [2.24, 2.45) is 4.99 Å². The van der Waals surface area contributed by atoms with Crippen LogP contribution in [0, 0.1) is 0 Å². The van der Waals surface area contributed by atoms with E-state index >= 15 is 0 Å². The highest BCUT2D eigenvalue weighted by Crippen LogP contribution is 2.28. The Balaban J connectivity index is 1.47. The average molecular weight is 587 g/mol. The molecule has 0 saturated carbocycles. The maximum atomic E-state index is 13.5. The van der Waals surface area contributed by atoms with Gasteiger partial charge in [0.1, 0.15) is 12.4 Å². The Bertz CT molecular complexity index is 1220. The van der Waals surface area contributed by atoms with Crippen LogP contribution in [-0.4, -0.2) is 48.8 Å². The van der Waals surface area contributed by atoms with Gasteiger partial charge < -0.3 is 14.6 Å². The third-order valence-electron chi connectivity index (χ3n) is 5.95. The molecule has 4 rings (SSSR count). The number of halogens is 2. The summed E-state index contributed by atoms with van der Waals surface area (Å²) in [5.74, 6) is 0.830. The van der Waals surface area contributed by atoms with E-state index in [-0.39, 0.29) is 19.1 Å². The number of aliphatic hydroxyl groups excluding tert-OH is 1. The SMILES string of the molecule is O=C(NNCCc1ccccc1Cl)[C@]1(Cc2ccc(Br)cc2)COC(c2ccc(OCCCO)cc2)=N1. The number of ether oxygens (including phenoxy) is 2. The van der Waals surface area contributed by atoms with Gasteiger partial charge in [-0.3, -0.25) is 10.2 Å². The van der Waals surface area contributed by atoms with Crippen molar-refractivity contribution in [3.63, 3.8) is 0 Å². The van der Waals surface area contributed by atoms with E-state index in [0.29, 0.717) is 49.1 Å². The van der Waals surface area contributed by atoms with Crippen LogP contribution in [0.1, 0.15) is 23.1 Å². The standard InChI is InChI=1S/C28H29BrClN3O4/c29-23-10-6-20(7-11-23)18-28(27(35)33-31-15-14-21-4-1-2-5-25(21)30)19-37-26(32-28)22-8-12-24(13-9-22)36-17-3-16-34/h1-2,4-13,31,34H,3,14-19H2,(H,33,35)/t28-/m0/s1. The fraction of sp³-hybridized carbons (Fsp3) is 0.286. The Morgan fingerprint density at radius 3 is 2.59 bits per heavy atom. The first-order chi connectivity index (χ1) is 18.0. The first kappa shape index (κ1) is 27.1. The summed E-state index contributed by atoms with van der Waals surface area (Å²) in [5.41, 5.74) is 7.45.